The summed E-state index contributed by atoms with van der Waals surface area (Å²) in [5.41, 5.74) is 2.41. The van der Waals surface area contributed by atoms with Crippen molar-refractivity contribution >= 4 is 63.5 Å². The fourth-order valence-corrected chi connectivity index (χ4v) is 4.19. The molecule has 1 fully saturated rings. The van der Waals surface area contributed by atoms with E-state index in [1.54, 1.807) is 12.1 Å². The number of H-pyrrole nitrogens is 1. The molecule has 3 aromatic rings. The summed E-state index contributed by atoms with van der Waals surface area (Å²) < 4.78 is 0. The second-order valence-electron chi connectivity index (χ2n) is 6.59. The van der Waals surface area contributed by atoms with Crippen LogP contribution in [0.1, 0.15) is 18.4 Å². The number of rotatable bonds is 4. The summed E-state index contributed by atoms with van der Waals surface area (Å²) in [4.78, 5) is 14.4. The number of anilines is 1. The van der Waals surface area contributed by atoms with Gasteiger partial charge < -0.3 is 15.2 Å². The van der Waals surface area contributed by atoms with E-state index < -0.39 is 0 Å². The van der Waals surface area contributed by atoms with Crippen molar-refractivity contribution in [2.24, 2.45) is 0 Å². The molecule has 4 rings (SSSR count). The number of nitrogens with zero attached hydrogens (tertiary/aromatic N) is 3. The Labute approximate surface area is 177 Å². The van der Waals surface area contributed by atoms with Crippen LogP contribution in [0.5, 0.6) is 0 Å². The highest BCUT2D eigenvalue weighted by Crippen LogP contribution is 2.30. The average Bonchev–Trinajstić information content (AvgIpc) is 3.07. The SMILES string of the molecule is Clc1cc(Cl)c(Cl)c(CN[C@H]2CCCN(c3nc4nc(Cl)ccc4[nH]3)C2)c1. The minimum Gasteiger partial charge on any atom is -0.341 e. The van der Waals surface area contributed by atoms with E-state index in [1.165, 1.54) is 0 Å². The molecule has 0 unspecified atom stereocenters. The molecular weight excluding hydrogens is 428 g/mol. The van der Waals surface area contributed by atoms with Crippen LogP contribution in [-0.2, 0) is 6.54 Å². The number of piperidine rings is 1. The molecule has 142 valence electrons. The van der Waals surface area contributed by atoms with Crippen LogP contribution in [0.4, 0.5) is 5.95 Å². The topological polar surface area (TPSA) is 56.8 Å². The maximum atomic E-state index is 6.29. The molecule has 1 aromatic carbocycles. The molecule has 5 nitrogen and oxygen atoms in total. The molecule has 0 saturated carbocycles. The van der Waals surface area contributed by atoms with Crippen LogP contribution in [0.2, 0.25) is 20.2 Å². The monoisotopic (exact) mass is 443 g/mol. The van der Waals surface area contributed by atoms with Gasteiger partial charge in [-0.2, -0.15) is 4.98 Å². The molecule has 1 aliphatic rings. The number of aromatic nitrogens is 3. The molecule has 0 aliphatic carbocycles. The lowest BCUT2D eigenvalue weighted by Crippen LogP contribution is -2.45. The second kappa shape index (κ2) is 8.02. The maximum Gasteiger partial charge on any atom is 0.205 e. The van der Waals surface area contributed by atoms with Gasteiger partial charge in [-0.3, -0.25) is 0 Å². The molecule has 0 bridgehead atoms. The normalized spacial score (nSPS) is 17.6. The van der Waals surface area contributed by atoms with Crippen molar-refractivity contribution in [3.8, 4) is 0 Å². The highest BCUT2D eigenvalue weighted by molar-refractivity contribution is 6.43. The van der Waals surface area contributed by atoms with Gasteiger partial charge in [-0.1, -0.05) is 46.4 Å². The van der Waals surface area contributed by atoms with Gasteiger partial charge in [0.05, 0.1) is 15.6 Å². The summed E-state index contributed by atoms with van der Waals surface area (Å²) in [6.45, 7) is 2.38. The predicted molar refractivity (Wildman–Crippen MR) is 112 cm³/mol. The number of aromatic amines is 1. The van der Waals surface area contributed by atoms with E-state index in [9.17, 15) is 0 Å². The van der Waals surface area contributed by atoms with E-state index in [4.69, 9.17) is 46.4 Å². The molecule has 0 amide bonds. The van der Waals surface area contributed by atoms with Gasteiger partial charge in [-0.15, -0.1) is 0 Å². The predicted octanol–water partition coefficient (Wildman–Crippen LogP) is 5.33. The summed E-state index contributed by atoms with van der Waals surface area (Å²) in [7, 11) is 0. The van der Waals surface area contributed by atoms with Crippen LogP contribution in [0.25, 0.3) is 11.2 Å². The number of nitrogens with one attached hydrogen (secondary N) is 2. The van der Waals surface area contributed by atoms with Crippen molar-refractivity contribution in [2.75, 3.05) is 18.0 Å². The van der Waals surface area contributed by atoms with Crippen molar-refractivity contribution in [3.05, 3.63) is 50.0 Å². The van der Waals surface area contributed by atoms with Crippen LogP contribution < -0.4 is 10.2 Å². The number of pyridine rings is 1. The summed E-state index contributed by atoms with van der Waals surface area (Å²) >= 11 is 24.4. The third kappa shape index (κ3) is 4.28. The fourth-order valence-electron chi connectivity index (χ4n) is 3.33. The van der Waals surface area contributed by atoms with Gasteiger partial charge in [-0.05, 0) is 42.7 Å². The van der Waals surface area contributed by atoms with E-state index in [2.05, 4.69) is 25.2 Å². The van der Waals surface area contributed by atoms with Gasteiger partial charge in [0.15, 0.2) is 5.65 Å². The summed E-state index contributed by atoms with van der Waals surface area (Å²) in [5.74, 6) is 0.815. The lowest BCUT2D eigenvalue weighted by molar-refractivity contribution is 0.419. The molecule has 1 aliphatic heterocycles. The first-order valence-electron chi connectivity index (χ1n) is 8.63. The van der Waals surface area contributed by atoms with Gasteiger partial charge in [0, 0.05) is 30.7 Å². The van der Waals surface area contributed by atoms with Gasteiger partial charge in [0.1, 0.15) is 5.15 Å². The van der Waals surface area contributed by atoms with E-state index in [-0.39, 0.29) is 0 Å². The third-order valence-electron chi connectivity index (χ3n) is 4.67. The molecule has 1 atom stereocenters. The van der Waals surface area contributed by atoms with E-state index >= 15 is 0 Å². The van der Waals surface area contributed by atoms with Gasteiger partial charge >= 0.3 is 0 Å². The zero-order valence-corrected chi connectivity index (χ0v) is 17.3. The largest absolute Gasteiger partial charge is 0.341 e. The fraction of sp³-hybridized carbons (Fsp3) is 0.333. The zero-order valence-electron chi connectivity index (χ0n) is 14.3. The number of hydrogen-bond acceptors (Lipinski definition) is 4. The van der Waals surface area contributed by atoms with Crippen molar-refractivity contribution in [3.63, 3.8) is 0 Å². The lowest BCUT2D eigenvalue weighted by atomic mass is 10.1. The Morgan fingerprint density at radius 2 is 2.00 bits per heavy atom. The molecule has 2 aromatic heterocycles. The summed E-state index contributed by atoms with van der Waals surface area (Å²) in [6.07, 6.45) is 2.14. The van der Waals surface area contributed by atoms with Crippen molar-refractivity contribution in [2.45, 2.75) is 25.4 Å². The van der Waals surface area contributed by atoms with Crippen LogP contribution >= 0.6 is 46.4 Å². The number of imidazole rings is 1. The molecule has 9 heteroatoms. The Morgan fingerprint density at radius 1 is 1.15 bits per heavy atom. The quantitative estimate of drug-likeness (QED) is 0.421. The van der Waals surface area contributed by atoms with Crippen LogP contribution in [0, 0.1) is 0 Å². The van der Waals surface area contributed by atoms with Crippen LogP contribution in [0.15, 0.2) is 24.3 Å². The summed E-state index contributed by atoms with van der Waals surface area (Å²) in [5, 5.41) is 5.59. The Hall–Kier alpha value is -1.24. The average molecular weight is 445 g/mol. The first kappa shape index (κ1) is 19.1. The highest BCUT2D eigenvalue weighted by atomic mass is 35.5. The molecule has 27 heavy (non-hydrogen) atoms. The molecule has 1 saturated heterocycles. The van der Waals surface area contributed by atoms with Crippen LogP contribution in [0.3, 0.4) is 0 Å². The zero-order chi connectivity index (χ0) is 19.0. The Balaban J connectivity index is 1.45. The Bertz CT molecular complexity index is 974. The highest BCUT2D eigenvalue weighted by Gasteiger charge is 2.22. The molecule has 0 spiro atoms. The molecular formula is C18H17Cl4N5. The summed E-state index contributed by atoms with van der Waals surface area (Å²) in [6, 6.07) is 7.45. The van der Waals surface area contributed by atoms with Gasteiger partial charge in [0.25, 0.3) is 0 Å². The smallest absolute Gasteiger partial charge is 0.205 e. The van der Waals surface area contributed by atoms with Crippen molar-refractivity contribution < 1.29 is 0 Å². The van der Waals surface area contributed by atoms with E-state index in [1.807, 2.05) is 12.1 Å². The van der Waals surface area contributed by atoms with Gasteiger partial charge in [0.2, 0.25) is 5.95 Å². The van der Waals surface area contributed by atoms with Gasteiger partial charge in [-0.25, -0.2) is 4.98 Å². The standard InChI is InChI=1S/C18H17Cl4N5/c19-11-6-10(16(22)13(20)7-11)8-23-12-2-1-5-27(9-12)18-24-14-3-4-15(21)25-17(14)26-18/h3-4,6-7,12,23H,1-2,5,8-9H2,(H,24,25,26)/t12-/m0/s1. The van der Waals surface area contributed by atoms with Crippen molar-refractivity contribution in [1.29, 1.82) is 0 Å². The van der Waals surface area contributed by atoms with E-state index in [0.29, 0.717) is 38.5 Å². The number of fused-ring (bicyclic) bond motifs is 1. The number of benzene rings is 1. The first-order chi connectivity index (χ1) is 13.0. The van der Waals surface area contributed by atoms with Crippen molar-refractivity contribution in [1.82, 2.24) is 20.3 Å². The molecule has 2 N–H and O–H groups in total. The minimum absolute atomic E-state index is 0.303. The first-order valence-corrected chi connectivity index (χ1v) is 10.1. The van der Waals surface area contributed by atoms with Crippen LogP contribution in [-0.4, -0.2) is 34.1 Å². The number of hydrogen-bond donors (Lipinski definition) is 2. The van der Waals surface area contributed by atoms with E-state index in [0.717, 1.165) is 43.0 Å². The third-order valence-corrected chi connectivity index (χ3v) is 5.94. The Kier molecular flexibility index (Phi) is 5.67. The molecule has 3 heterocycles. The number of halogens is 4. The minimum atomic E-state index is 0.303. The maximum absolute atomic E-state index is 6.29. The molecule has 0 radical (unpaired) electrons. The lowest BCUT2D eigenvalue weighted by Gasteiger charge is -2.33. The Morgan fingerprint density at radius 3 is 2.85 bits per heavy atom. The second-order valence-corrected chi connectivity index (χ2v) is 8.20.